The first kappa shape index (κ1) is 23.3. The van der Waals surface area contributed by atoms with E-state index in [9.17, 15) is 4.79 Å². The molecule has 7 heteroatoms. The molecule has 1 aromatic heterocycles. The molecule has 0 atom stereocenters. The molecule has 0 unspecified atom stereocenters. The van der Waals surface area contributed by atoms with E-state index in [1.807, 2.05) is 45.2 Å². The zero-order valence-corrected chi connectivity index (χ0v) is 20.5. The van der Waals surface area contributed by atoms with Crippen LogP contribution in [0.1, 0.15) is 42.5 Å². The van der Waals surface area contributed by atoms with Gasteiger partial charge in [-0.3, -0.25) is 4.90 Å². The van der Waals surface area contributed by atoms with Gasteiger partial charge in [0, 0.05) is 44.1 Å². The van der Waals surface area contributed by atoms with Crippen molar-refractivity contribution in [2.45, 2.75) is 46.8 Å². The van der Waals surface area contributed by atoms with E-state index in [1.165, 1.54) is 16.7 Å². The molecule has 2 heterocycles. The second-order valence-corrected chi connectivity index (χ2v) is 9.57. The van der Waals surface area contributed by atoms with Crippen LogP contribution in [-0.2, 0) is 17.8 Å². The van der Waals surface area contributed by atoms with Crippen molar-refractivity contribution in [3.8, 4) is 16.2 Å². The predicted molar refractivity (Wildman–Crippen MR) is 133 cm³/mol. The van der Waals surface area contributed by atoms with Gasteiger partial charge in [0.2, 0.25) is 0 Å². The molecule has 1 fully saturated rings. The summed E-state index contributed by atoms with van der Waals surface area (Å²) in [6, 6.07) is 12.4. The van der Waals surface area contributed by atoms with Crippen molar-refractivity contribution in [1.29, 1.82) is 0 Å². The topological polar surface area (TPSA) is 63.7 Å². The molecule has 33 heavy (non-hydrogen) atoms. The van der Waals surface area contributed by atoms with Gasteiger partial charge in [0.25, 0.3) is 0 Å². The highest BCUT2D eigenvalue weighted by Crippen LogP contribution is 2.35. The summed E-state index contributed by atoms with van der Waals surface area (Å²) in [4.78, 5) is 19.8. The Morgan fingerprint density at radius 1 is 1.21 bits per heavy atom. The van der Waals surface area contributed by atoms with Crippen LogP contribution in [0.25, 0.3) is 10.4 Å². The second kappa shape index (κ2) is 10.4. The standard InChI is InChI=1S/C26H31N3O3S/c1-5-31-16-19-7-6-18(4)20(10-19)13-25-28-15-24(33-25)21-11-22(29-9-8-27-26(29)30)14-23(12-21)32-17(2)3/h6-7,10-12,14-15,17H,5,8-9,13,16H2,1-4H3,(H,27,30). The average Bonchev–Trinajstić information content (AvgIpc) is 3.42. The number of nitrogens with zero attached hydrogens (tertiary/aromatic N) is 2. The summed E-state index contributed by atoms with van der Waals surface area (Å²) in [5, 5.41) is 3.92. The number of thiazole rings is 1. The molecule has 1 aliphatic rings. The number of benzene rings is 2. The minimum absolute atomic E-state index is 0.0458. The smallest absolute Gasteiger partial charge is 0.321 e. The Morgan fingerprint density at radius 3 is 2.79 bits per heavy atom. The molecule has 4 rings (SSSR count). The van der Waals surface area contributed by atoms with Crippen LogP contribution in [0.2, 0.25) is 0 Å². The summed E-state index contributed by atoms with van der Waals surface area (Å²) < 4.78 is 11.6. The second-order valence-electron chi connectivity index (χ2n) is 8.46. The number of nitrogens with one attached hydrogen (secondary N) is 1. The van der Waals surface area contributed by atoms with Crippen molar-refractivity contribution < 1.29 is 14.3 Å². The fourth-order valence-electron chi connectivity index (χ4n) is 3.85. The zero-order valence-electron chi connectivity index (χ0n) is 19.7. The van der Waals surface area contributed by atoms with E-state index in [2.05, 4.69) is 30.4 Å². The number of aromatic nitrogens is 1. The summed E-state index contributed by atoms with van der Waals surface area (Å²) in [5.41, 5.74) is 5.54. The Balaban J connectivity index is 1.60. The first-order chi connectivity index (χ1) is 15.9. The predicted octanol–water partition coefficient (Wildman–Crippen LogP) is 5.56. The highest BCUT2D eigenvalue weighted by molar-refractivity contribution is 7.15. The largest absolute Gasteiger partial charge is 0.491 e. The third kappa shape index (κ3) is 5.72. The van der Waals surface area contributed by atoms with Crippen LogP contribution >= 0.6 is 11.3 Å². The SMILES string of the molecule is CCOCc1ccc(C)c(Cc2ncc(-c3cc(OC(C)C)cc(N4CCNC4=O)c3)s2)c1. The number of hydrogen-bond acceptors (Lipinski definition) is 5. The van der Waals surface area contributed by atoms with Gasteiger partial charge in [-0.1, -0.05) is 18.2 Å². The molecule has 0 spiro atoms. The zero-order chi connectivity index (χ0) is 23.4. The normalized spacial score (nSPS) is 13.6. The lowest BCUT2D eigenvalue weighted by atomic mass is 10.0. The highest BCUT2D eigenvalue weighted by Gasteiger charge is 2.23. The van der Waals surface area contributed by atoms with E-state index < -0.39 is 0 Å². The highest BCUT2D eigenvalue weighted by atomic mass is 32.1. The fraction of sp³-hybridized carbons (Fsp3) is 0.385. The Kier molecular flexibility index (Phi) is 7.30. The first-order valence-electron chi connectivity index (χ1n) is 11.4. The van der Waals surface area contributed by atoms with Crippen molar-refractivity contribution in [2.24, 2.45) is 0 Å². The number of amides is 2. The molecule has 0 saturated carbocycles. The van der Waals surface area contributed by atoms with Crippen LogP contribution in [0.3, 0.4) is 0 Å². The van der Waals surface area contributed by atoms with Gasteiger partial charge in [-0.25, -0.2) is 9.78 Å². The van der Waals surface area contributed by atoms with Gasteiger partial charge in [0.15, 0.2) is 0 Å². The molecule has 2 aromatic carbocycles. The molecular formula is C26H31N3O3S. The quantitative estimate of drug-likeness (QED) is 0.449. The summed E-state index contributed by atoms with van der Waals surface area (Å²) in [6.45, 7) is 10.8. The molecule has 2 amide bonds. The van der Waals surface area contributed by atoms with E-state index >= 15 is 0 Å². The molecule has 1 aliphatic heterocycles. The van der Waals surface area contributed by atoms with Crippen LogP contribution in [-0.4, -0.2) is 36.8 Å². The minimum Gasteiger partial charge on any atom is -0.491 e. The van der Waals surface area contributed by atoms with Crippen molar-refractivity contribution in [1.82, 2.24) is 10.3 Å². The third-order valence-corrected chi connectivity index (χ3v) is 6.54. The average molecular weight is 466 g/mol. The number of aryl methyl sites for hydroxylation is 1. The number of anilines is 1. The number of carbonyl (C=O) groups excluding carboxylic acids is 1. The van der Waals surface area contributed by atoms with Crippen molar-refractivity contribution in [2.75, 3.05) is 24.6 Å². The van der Waals surface area contributed by atoms with Gasteiger partial charge >= 0.3 is 6.03 Å². The van der Waals surface area contributed by atoms with Crippen LogP contribution in [0, 0.1) is 6.92 Å². The van der Waals surface area contributed by atoms with Crippen LogP contribution in [0.15, 0.2) is 42.6 Å². The van der Waals surface area contributed by atoms with Gasteiger partial charge in [-0.2, -0.15) is 0 Å². The maximum Gasteiger partial charge on any atom is 0.321 e. The van der Waals surface area contributed by atoms with Gasteiger partial charge in [-0.05, 0) is 62.1 Å². The van der Waals surface area contributed by atoms with Crippen molar-refractivity contribution >= 4 is 23.1 Å². The Hall–Kier alpha value is -2.90. The van der Waals surface area contributed by atoms with E-state index in [1.54, 1.807) is 16.2 Å². The van der Waals surface area contributed by atoms with Gasteiger partial charge in [-0.15, -0.1) is 11.3 Å². The lowest BCUT2D eigenvalue weighted by molar-refractivity contribution is 0.134. The van der Waals surface area contributed by atoms with Crippen molar-refractivity contribution in [3.63, 3.8) is 0 Å². The number of rotatable bonds is 9. The number of urea groups is 1. The Morgan fingerprint density at radius 2 is 2.06 bits per heavy atom. The fourth-order valence-corrected chi connectivity index (χ4v) is 4.78. The summed E-state index contributed by atoms with van der Waals surface area (Å²) in [5.74, 6) is 0.756. The molecule has 174 valence electrons. The van der Waals surface area contributed by atoms with E-state index in [-0.39, 0.29) is 12.1 Å². The molecule has 0 aliphatic carbocycles. The molecule has 1 N–H and O–H groups in total. The number of ether oxygens (including phenoxy) is 2. The molecular weight excluding hydrogens is 434 g/mol. The maximum absolute atomic E-state index is 12.2. The first-order valence-corrected chi connectivity index (χ1v) is 12.2. The summed E-state index contributed by atoms with van der Waals surface area (Å²) in [7, 11) is 0. The van der Waals surface area contributed by atoms with E-state index in [0.29, 0.717) is 26.3 Å². The van der Waals surface area contributed by atoms with Gasteiger partial charge in [0.05, 0.1) is 22.6 Å². The molecule has 3 aromatic rings. The summed E-state index contributed by atoms with van der Waals surface area (Å²) >= 11 is 1.68. The monoisotopic (exact) mass is 465 g/mol. The van der Waals surface area contributed by atoms with Gasteiger partial charge in [0.1, 0.15) is 5.75 Å². The lowest BCUT2D eigenvalue weighted by Gasteiger charge is -2.18. The van der Waals surface area contributed by atoms with E-state index in [0.717, 1.165) is 33.3 Å². The third-order valence-electron chi connectivity index (χ3n) is 5.50. The number of carbonyl (C=O) groups is 1. The van der Waals surface area contributed by atoms with Crippen LogP contribution in [0.4, 0.5) is 10.5 Å². The molecule has 0 radical (unpaired) electrons. The Labute approximate surface area is 199 Å². The maximum atomic E-state index is 12.2. The minimum atomic E-state index is -0.0740. The van der Waals surface area contributed by atoms with Crippen LogP contribution in [0.5, 0.6) is 5.75 Å². The van der Waals surface area contributed by atoms with Gasteiger partial charge < -0.3 is 14.8 Å². The van der Waals surface area contributed by atoms with Crippen LogP contribution < -0.4 is 15.0 Å². The summed E-state index contributed by atoms with van der Waals surface area (Å²) in [6.07, 6.45) is 2.74. The molecule has 1 saturated heterocycles. The Bertz CT molecular complexity index is 1130. The van der Waals surface area contributed by atoms with E-state index in [4.69, 9.17) is 14.5 Å². The number of hydrogen-bond donors (Lipinski definition) is 1. The molecule has 6 nitrogen and oxygen atoms in total. The van der Waals surface area contributed by atoms with Crippen molar-refractivity contribution in [3.05, 3.63) is 64.3 Å². The lowest BCUT2D eigenvalue weighted by Crippen LogP contribution is -2.27. The molecule has 0 bridgehead atoms.